The molecule has 3 nitrogen and oxygen atoms in total. The van der Waals surface area contributed by atoms with E-state index in [0.717, 1.165) is 12.6 Å². The van der Waals surface area contributed by atoms with Gasteiger partial charge >= 0.3 is 0 Å². The van der Waals surface area contributed by atoms with Crippen molar-refractivity contribution in [2.45, 2.75) is 26.4 Å². The summed E-state index contributed by atoms with van der Waals surface area (Å²) in [5, 5.41) is 3.37. The molecule has 0 saturated carbocycles. The minimum absolute atomic E-state index is 0.817. The van der Waals surface area contributed by atoms with Crippen LogP contribution in [0, 0.1) is 13.8 Å². The first-order valence-corrected chi connectivity index (χ1v) is 7.77. The van der Waals surface area contributed by atoms with Crippen molar-refractivity contribution in [3.8, 4) is 0 Å². The molecule has 3 rings (SSSR count). The van der Waals surface area contributed by atoms with Crippen LogP contribution in [0.1, 0.15) is 15.3 Å². The van der Waals surface area contributed by atoms with Gasteiger partial charge in [-0.1, -0.05) is 0 Å². The fourth-order valence-corrected chi connectivity index (χ4v) is 3.84. The summed E-state index contributed by atoms with van der Waals surface area (Å²) in [5.41, 5.74) is 1.54. The third-order valence-electron chi connectivity index (χ3n) is 4.22. The molecule has 100 valence electrons. The van der Waals surface area contributed by atoms with Crippen molar-refractivity contribution in [1.29, 1.82) is 0 Å². The van der Waals surface area contributed by atoms with Gasteiger partial charge in [0.1, 0.15) is 0 Å². The normalized spacial score (nSPS) is 23.2. The number of thiophene rings is 1. The molecule has 0 aromatic carbocycles. The zero-order valence-electron chi connectivity index (χ0n) is 11.4. The molecule has 0 radical (unpaired) electrons. The van der Waals surface area contributed by atoms with Gasteiger partial charge in [-0.15, -0.1) is 11.3 Å². The molecule has 18 heavy (non-hydrogen) atoms. The van der Waals surface area contributed by atoms with Gasteiger partial charge in [-0.05, 0) is 25.5 Å². The summed E-state index contributed by atoms with van der Waals surface area (Å²) in [4.78, 5) is 8.20. The van der Waals surface area contributed by atoms with E-state index in [1.54, 1.807) is 0 Å². The third kappa shape index (κ3) is 2.62. The SMILES string of the molecule is Cc1cc(CN2CCN(C3CNC3)CC2)c(C)s1. The second-order valence-electron chi connectivity index (χ2n) is 5.56. The molecular weight excluding hydrogens is 242 g/mol. The van der Waals surface area contributed by atoms with Gasteiger partial charge in [-0.2, -0.15) is 0 Å². The second kappa shape index (κ2) is 5.29. The van der Waals surface area contributed by atoms with Gasteiger partial charge in [0.15, 0.2) is 0 Å². The van der Waals surface area contributed by atoms with Crippen LogP contribution in [0.4, 0.5) is 0 Å². The molecule has 2 fully saturated rings. The van der Waals surface area contributed by atoms with Crippen LogP contribution < -0.4 is 5.32 Å². The second-order valence-corrected chi connectivity index (χ2v) is 7.02. The van der Waals surface area contributed by atoms with Gasteiger partial charge in [-0.25, -0.2) is 0 Å². The average molecular weight is 265 g/mol. The van der Waals surface area contributed by atoms with Crippen LogP contribution in [0.25, 0.3) is 0 Å². The third-order valence-corrected chi connectivity index (χ3v) is 5.23. The molecule has 0 aliphatic carbocycles. The Morgan fingerprint density at radius 2 is 1.94 bits per heavy atom. The Morgan fingerprint density at radius 3 is 2.44 bits per heavy atom. The number of hydrogen-bond donors (Lipinski definition) is 1. The Labute approximate surface area is 114 Å². The highest BCUT2D eigenvalue weighted by atomic mass is 32.1. The molecule has 0 spiro atoms. The standard InChI is InChI=1S/C14H23N3S/c1-11-7-13(12(2)18-11)10-16-3-5-17(6-4-16)14-8-15-9-14/h7,14-15H,3-6,8-10H2,1-2H3. The molecule has 0 bridgehead atoms. The summed E-state index contributed by atoms with van der Waals surface area (Å²) >= 11 is 1.93. The van der Waals surface area contributed by atoms with Gasteiger partial charge in [0.2, 0.25) is 0 Å². The zero-order valence-corrected chi connectivity index (χ0v) is 12.2. The van der Waals surface area contributed by atoms with Crippen molar-refractivity contribution >= 4 is 11.3 Å². The predicted octanol–water partition coefficient (Wildman–Crippen LogP) is 1.45. The summed E-state index contributed by atoms with van der Waals surface area (Å²) in [7, 11) is 0. The molecule has 4 heteroatoms. The Morgan fingerprint density at radius 1 is 1.22 bits per heavy atom. The Bertz CT molecular complexity index is 403. The van der Waals surface area contributed by atoms with Crippen molar-refractivity contribution in [2.24, 2.45) is 0 Å². The molecule has 2 saturated heterocycles. The van der Waals surface area contributed by atoms with Gasteiger partial charge in [-0.3, -0.25) is 9.80 Å². The van der Waals surface area contributed by atoms with E-state index in [-0.39, 0.29) is 0 Å². The molecule has 3 heterocycles. The molecule has 1 aromatic heterocycles. The fourth-order valence-electron chi connectivity index (χ4n) is 2.90. The largest absolute Gasteiger partial charge is 0.314 e. The molecule has 1 N–H and O–H groups in total. The Balaban J connectivity index is 1.52. The number of piperazine rings is 1. The first kappa shape index (κ1) is 12.6. The minimum atomic E-state index is 0.817. The molecule has 2 aliphatic heterocycles. The monoisotopic (exact) mass is 265 g/mol. The maximum Gasteiger partial charge on any atom is 0.0346 e. The van der Waals surface area contributed by atoms with Crippen molar-refractivity contribution in [1.82, 2.24) is 15.1 Å². The van der Waals surface area contributed by atoms with Crippen LogP contribution >= 0.6 is 11.3 Å². The smallest absolute Gasteiger partial charge is 0.0346 e. The lowest BCUT2D eigenvalue weighted by atomic mass is 10.1. The number of hydrogen-bond acceptors (Lipinski definition) is 4. The number of rotatable bonds is 3. The van der Waals surface area contributed by atoms with E-state index in [9.17, 15) is 0 Å². The highest BCUT2D eigenvalue weighted by Crippen LogP contribution is 2.22. The average Bonchev–Trinajstić information content (AvgIpc) is 2.58. The maximum atomic E-state index is 3.37. The van der Waals surface area contributed by atoms with E-state index in [2.05, 4.69) is 35.0 Å². The van der Waals surface area contributed by atoms with E-state index < -0.39 is 0 Å². The molecule has 0 amide bonds. The topological polar surface area (TPSA) is 18.5 Å². The highest BCUT2D eigenvalue weighted by Gasteiger charge is 2.27. The quantitative estimate of drug-likeness (QED) is 0.892. The van der Waals surface area contributed by atoms with Crippen molar-refractivity contribution in [3.63, 3.8) is 0 Å². The van der Waals surface area contributed by atoms with E-state index >= 15 is 0 Å². The molecule has 1 aromatic rings. The predicted molar refractivity (Wildman–Crippen MR) is 77.3 cm³/mol. The van der Waals surface area contributed by atoms with Gasteiger partial charge in [0.25, 0.3) is 0 Å². The first-order chi connectivity index (χ1) is 8.72. The Kier molecular flexibility index (Phi) is 3.71. The summed E-state index contributed by atoms with van der Waals surface area (Å²) in [6, 6.07) is 3.18. The lowest BCUT2D eigenvalue weighted by molar-refractivity contribution is 0.0695. The van der Waals surface area contributed by atoms with Crippen LogP contribution in [-0.4, -0.2) is 55.1 Å². The lowest BCUT2D eigenvalue weighted by Gasteiger charge is -2.43. The van der Waals surface area contributed by atoms with Crippen LogP contribution in [0.2, 0.25) is 0 Å². The van der Waals surface area contributed by atoms with Gasteiger partial charge < -0.3 is 5.32 Å². The van der Waals surface area contributed by atoms with Gasteiger partial charge in [0, 0.05) is 61.6 Å². The number of aryl methyl sites for hydroxylation is 2. The summed E-state index contributed by atoms with van der Waals surface area (Å²) in [6.45, 7) is 12.9. The summed E-state index contributed by atoms with van der Waals surface area (Å²) in [5.74, 6) is 0. The molecule has 0 unspecified atom stereocenters. The fraction of sp³-hybridized carbons (Fsp3) is 0.714. The van der Waals surface area contributed by atoms with Crippen LogP contribution in [0.3, 0.4) is 0 Å². The van der Waals surface area contributed by atoms with Crippen molar-refractivity contribution in [3.05, 3.63) is 21.4 Å². The maximum absolute atomic E-state index is 3.37. The summed E-state index contributed by atoms with van der Waals surface area (Å²) in [6.07, 6.45) is 0. The minimum Gasteiger partial charge on any atom is -0.314 e. The first-order valence-electron chi connectivity index (χ1n) is 6.95. The van der Waals surface area contributed by atoms with Crippen molar-refractivity contribution < 1.29 is 0 Å². The summed E-state index contributed by atoms with van der Waals surface area (Å²) < 4.78 is 0. The number of nitrogens with one attached hydrogen (secondary N) is 1. The lowest BCUT2D eigenvalue weighted by Crippen LogP contribution is -2.61. The van der Waals surface area contributed by atoms with Gasteiger partial charge in [0.05, 0.1) is 0 Å². The Hall–Kier alpha value is -0.420. The van der Waals surface area contributed by atoms with E-state index in [0.29, 0.717) is 0 Å². The van der Waals surface area contributed by atoms with E-state index in [1.165, 1.54) is 54.6 Å². The van der Waals surface area contributed by atoms with E-state index in [1.807, 2.05) is 11.3 Å². The van der Waals surface area contributed by atoms with Crippen molar-refractivity contribution in [2.75, 3.05) is 39.3 Å². The molecule has 2 aliphatic rings. The van der Waals surface area contributed by atoms with Crippen LogP contribution in [0.5, 0.6) is 0 Å². The van der Waals surface area contributed by atoms with Crippen LogP contribution in [-0.2, 0) is 6.54 Å². The number of nitrogens with zero attached hydrogens (tertiary/aromatic N) is 2. The van der Waals surface area contributed by atoms with Crippen LogP contribution in [0.15, 0.2) is 6.07 Å². The van der Waals surface area contributed by atoms with E-state index in [4.69, 9.17) is 0 Å². The highest BCUT2D eigenvalue weighted by molar-refractivity contribution is 7.12. The molecule has 0 atom stereocenters. The molecular formula is C14H23N3S. The zero-order chi connectivity index (χ0) is 12.5.